The highest BCUT2D eigenvalue weighted by Crippen LogP contribution is 2.28. The van der Waals surface area contributed by atoms with E-state index in [1.807, 2.05) is 0 Å². The molecule has 1 aliphatic rings. The number of oxazole rings is 1. The van der Waals surface area contributed by atoms with Crippen molar-refractivity contribution in [1.82, 2.24) is 30.4 Å². The number of piperidine rings is 1. The normalized spacial score (nSPS) is 15.9. The Morgan fingerprint density at radius 2 is 2.19 bits per heavy atom. The minimum atomic E-state index is -0.643. The highest BCUT2D eigenvalue weighted by molar-refractivity contribution is 5.99. The van der Waals surface area contributed by atoms with Gasteiger partial charge < -0.3 is 15.1 Å². The molecule has 1 saturated heterocycles. The van der Waals surface area contributed by atoms with Crippen molar-refractivity contribution < 1.29 is 13.6 Å². The number of amides is 1. The van der Waals surface area contributed by atoms with E-state index in [4.69, 9.17) is 4.42 Å². The summed E-state index contributed by atoms with van der Waals surface area (Å²) in [4.78, 5) is 22.8. The summed E-state index contributed by atoms with van der Waals surface area (Å²) in [7, 11) is 0. The summed E-state index contributed by atoms with van der Waals surface area (Å²) in [5, 5.41) is 22.0. The largest absolute Gasteiger partial charge is 0.448 e. The fourth-order valence-electron chi connectivity index (χ4n) is 3.65. The molecule has 3 aromatic heterocycles. The van der Waals surface area contributed by atoms with Gasteiger partial charge >= 0.3 is 0 Å². The summed E-state index contributed by atoms with van der Waals surface area (Å²) in [6.45, 7) is 1.97. The first-order valence-corrected chi connectivity index (χ1v) is 9.79. The highest BCUT2D eigenvalue weighted by atomic mass is 19.1. The molecule has 1 aliphatic heterocycles. The van der Waals surface area contributed by atoms with E-state index in [2.05, 4.69) is 41.8 Å². The molecule has 0 radical (unpaired) electrons. The number of hydrogen-bond donors (Lipinski definition) is 3. The number of anilines is 2. The Hall–Kier alpha value is -3.78. The van der Waals surface area contributed by atoms with E-state index < -0.39 is 11.5 Å². The fraction of sp³-hybridized carbons (Fsp3) is 0.350. The minimum absolute atomic E-state index is 0.196. The maximum atomic E-state index is 13.3. The van der Waals surface area contributed by atoms with Crippen molar-refractivity contribution in [2.24, 2.45) is 0 Å². The Morgan fingerprint density at radius 3 is 2.90 bits per heavy atom. The second-order valence-corrected chi connectivity index (χ2v) is 7.42. The number of carbonyl (C=O) groups is 1. The van der Waals surface area contributed by atoms with Gasteiger partial charge in [-0.3, -0.25) is 14.8 Å². The first-order chi connectivity index (χ1) is 15.1. The fourth-order valence-corrected chi connectivity index (χ4v) is 3.65. The Morgan fingerprint density at radius 1 is 1.35 bits per heavy atom. The standard InChI is InChI=1S/C20H21FN8O2/c21-16-11-14(1-6-23-16)26-18-15(12-25-28-18)19(30)27-20(2-5-22)3-8-29(9-4-20)13-17-24-7-10-31-17/h1,6-7,10-12H,2-4,8-9,13H2,(H,27,30)(H2,23,25,26,28). The molecule has 4 rings (SSSR count). The van der Waals surface area contributed by atoms with E-state index in [9.17, 15) is 14.4 Å². The predicted molar refractivity (Wildman–Crippen MR) is 108 cm³/mol. The Labute approximate surface area is 177 Å². The van der Waals surface area contributed by atoms with Crippen molar-refractivity contribution in [2.75, 3.05) is 18.4 Å². The molecule has 4 heterocycles. The molecule has 3 N–H and O–H groups in total. The number of nitrogens with one attached hydrogen (secondary N) is 3. The molecule has 0 bridgehead atoms. The Kier molecular flexibility index (Phi) is 5.90. The van der Waals surface area contributed by atoms with Crippen molar-refractivity contribution in [2.45, 2.75) is 31.3 Å². The van der Waals surface area contributed by atoms with Gasteiger partial charge in [0.05, 0.1) is 37.0 Å². The Bertz CT molecular complexity index is 1070. The van der Waals surface area contributed by atoms with Gasteiger partial charge in [-0.05, 0) is 18.9 Å². The molecule has 10 nitrogen and oxygen atoms in total. The summed E-state index contributed by atoms with van der Waals surface area (Å²) in [5.74, 6) is -0.0304. The van der Waals surface area contributed by atoms with Gasteiger partial charge in [-0.2, -0.15) is 14.8 Å². The molecule has 0 aliphatic carbocycles. The van der Waals surface area contributed by atoms with Crippen LogP contribution in [0.15, 0.2) is 41.4 Å². The van der Waals surface area contributed by atoms with Crippen LogP contribution in [0, 0.1) is 17.3 Å². The van der Waals surface area contributed by atoms with Gasteiger partial charge in [0.15, 0.2) is 0 Å². The molecule has 160 valence electrons. The average Bonchev–Trinajstić information content (AvgIpc) is 3.42. The SMILES string of the molecule is N#CCC1(NC(=O)c2cn[nH]c2Nc2ccnc(F)c2)CCN(Cc2ncco2)CC1. The summed E-state index contributed by atoms with van der Waals surface area (Å²) in [6.07, 6.45) is 7.29. The van der Waals surface area contributed by atoms with Crippen LogP contribution >= 0.6 is 0 Å². The van der Waals surface area contributed by atoms with E-state index in [0.717, 1.165) is 0 Å². The second-order valence-electron chi connectivity index (χ2n) is 7.42. The van der Waals surface area contributed by atoms with Crippen LogP contribution in [0.3, 0.4) is 0 Å². The monoisotopic (exact) mass is 424 g/mol. The first-order valence-electron chi connectivity index (χ1n) is 9.79. The lowest BCUT2D eigenvalue weighted by molar-refractivity contribution is 0.0796. The second kappa shape index (κ2) is 8.93. The summed E-state index contributed by atoms with van der Waals surface area (Å²) < 4.78 is 18.6. The average molecular weight is 424 g/mol. The number of aromatic amines is 1. The molecule has 1 fully saturated rings. The number of rotatable bonds is 7. The molecule has 3 aromatic rings. The zero-order chi connectivity index (χ0) is 21.7. The summed E-state index contributed by atoms with van der Waals surface area (Å²) in [6, 6.07) is 4.99. The molecule has 0 spiro atoms. The molecule has 1 amide bonds. The number of nitrogens with zero attached hydrogens (tertiary/aromatic N) is 5. The van der Waals surface area contributed by atoms with Crippen LogP contribution < -0.4 is 10.6 Å². The molecule has 31 heavy (non-hydrogen) atoms. The smallest absolute Gasteiger partial charge is 0.257 e. The number of halogens is 1. The number of H-pyrrole nitrogens is 1. The van der Waals surface area contributed by atoms with Crippen LogP contribution in [0.25, 0.3) is 0 Å². The quantitative estimate of drug-likeness (QED) is 0.492. The topological polar surface area (TPSA) is 136 Å². The van der Waals surface area contributed by atoms with Crippen LogP contribution in [-0.4, -0.2) is 49.6 Å². The number of hydrogen-bond acceptors (Lipinski definition) is 8. The lowest BCUT2D eigenvalue weighted by atomic mass is 9.84. The number of pyridine rings is 1. The molecule has 0 saturated carbocycles. The van der Waals surface area contributed by atoms with Gasteiger partial charge in [0.25, 0.3) is 5.91 Å². The molecular formula is C20H21FN8O2. The van der Waals surface area contributed by atoms with Crippen LogP contribution in [0.5, 0.6) is 0 Å². The summed E-state index contributed by atoms with van der Waals surface area (Å²) >= 11 is 0. The minimum Gasteiger partial charge on any atom is -0.448 e. The van der Waals surface area contributed by atoms with Crippen LogP contribution in [0.2, 0.25) is 0 Å². The van der Waals surface area contributed by atoms with E-state index in [0.29, 0.717) is 49.9 Å². The van der Waals surface area contributed by atoms with Gasteiger partial charge in [0, 0.05) is 31.0 Å². The van der Waals surface area contributed by atoms with Crippen molar-refractivity contribution in [3.8, 4) is 6.07 Å². The lowest BCUT2D eigenvalue weighted by Crippen LogP contribution is -2.55. The predicted octanol–water partition coefficient (Wildman–Crippen LogP) is 2.35. The van der Waals surface area contributed by atoms with Crippen LogP contribution in [-0.2, 0) is 6.54 Å². The lowest BCUT2D eigenvalue weighted by Gasteiger charge is -2.40. The zero-order valence-corrected chi connectivity index (χ0v) is 16.6. The Balaban J connectivity index is 1.43. The van der Waals surface area contributed by atoms with E-state index in [1.165, 1.54) is 24.7 Å². The number of carbonyl (C=O) groups excluding carboxylic acids is 1. The van der Waals surface area contributed by atoms with E-state index in [-0.39, 0.29) is 17.9 Å². The van der Waals surface area contributed by atoms with Gasteiger partial charge in [-0.15, -0.1) is 0 Å². The molecule has 0 unspecified atom stereocenters. The summed E-state index contributed by atoms with van der Waals surface area (Å²) in [5.41, 5.74) is 0.0603. The number of aromatic nitrogens is 4. The third kappa shape index (κ3) is 4.87. The van der Waals surface area contributed by atoms with Gasteiger partial charge in [-0.25, -0.2) is 9.97 Å². The van der Waals surface area contributed by atoms with Gasteiger partial charge in [-0.1, -0.05) is 0 Å². The maximum Gasteiger partial charge on any atom is 0.257 e. The van der Waals surface area contributed by atoms with Gasteiger partial charge in [0.1, 0.15) is 17.6 Å². The van der Waals surface area contributed by atoms with Crippen molar-refractivity contribution >= 4 is 17.4 Å². The van der Waals surface area contributed by atoms with Crippen LogP contribution in [0.1, 0.15) is 35.5 Å². The third-order valence-electron chi connectivity index (χ3n) is 5.33. The number of nitriles is 1. The van der Waals surface area contributed by atoms with Crippen molar-refractivity contribution in [3.05, 3.63) is 54.4 Å². The van der Waals surface area contributed by atoms with Crippen molar-refractivity contribution in [1.29, 1.82) is 5.26 Å². The highest BCUT2D eigenvalue weighted by Gasteiger charge is 2.37. The van der Waals surface area contributed by atoms with E-state index in [1.54, 1.807) is 12.3 Å². The van der Waals surface area contributed by atoms with Gasteiger partial charge in [0.2, 0.25) is 11.8 Å². The molecular weight excluding hydrogens is 403 g/mol. The molecule has 11 heteroatoms. The third-order valence-corrected chi connectivity index (χ3v) is 5.33. The first kappa shape index (κ1) is 20.5. The number of likely N-dealkylation sites (tertiary alicyclic amines) is 1. The van der Waals surface area contributed by atoms with Crippen LogP contribution in [0.4, 0.5) is 15.9 Å². The molecule has 0 atom stereocenters. The van der Waals surface area contributed by atoms with E-state index >= 15 is 0 Å². The zero-order valence-electron chi connectivity index (χ0n) is 16.6. The maximum absolute atomic E-state index is 13.3. The van der Waals surface area contributed by atoms with Crippen molar-refractivity contribution in [3.63, 3.8) is 0 Å². The molecule has 0 aromatic carbocycles.